The third-order valence-electron chi connectivity index (χ3n) is 3.02. The number of carbonyl (C=O) groups is 1. The minimum Gasteiger partial charge on any atom is -0.497 e. The van der Waals surface area contributed by atoms with E-state index in [2.05, 4.69) is 0 Å². The fourth-order valence-corrected chi connectivity index (χ4v) is 1.86. The minimum atomic E-state index is -4.61. The summed E-state index contributed by atoms with van der Waals surface area (Å²) in [6, 6.07) is 9.63. The van der Waals surface area contributed by atoms with Gasteiger partial charge >= 0.3 is 12.2 Å². The Balaban J connectivity index is 2.15. The number of amides is 2. The Morgan fingerprint density at radius 1 is 1.16 bits per heavy atom. The first-order chi connectivity index (χ1) is 11.8. The van der Waals surface area contributed by atoms with Gasteiger partial charge in [-0.25, -0.2) is 4.79 Å². The van der Waals surface area contributed by atoms with Gasteiger partial charge in [0, 0.05) is 6.07 Å². The highest BCUT2D eigenvalue weighted by atomic mass is 19.4. The van der Waals surface area contributed by atoms with E-state index >= 15 is 0 Å². The monoisotopic (exact) mass is 351 g/mol. The summed E-state index contributed by atoms with van der Waals surface area (Å²) in [5, 5.41) is 9.07. The van der Waals surface area contributed by atoms with Gasteiger partial charge < -0.3 is 9.57 Å². The fourth-order valence-electron chi connectivity index (χ4n) is 1.86. The molecule has 2 amide bonds. The molecule has 0 spiro atoms. The minimum absolute atomic E-state index is 0.0979. The van der Waals surface area contributed by atoms with E-state index in [0.717, 1.165) is 12.1 Å². The number of ether oxygens (including phenoxy) is 1. The summed E-state index contributed by atoms with van der Waals surface area (Å²) in [6.45, 7) is 0. The number of benzene rings is 2. The quantitative estimate of drug-likeness (QED) is 0.518. The second-order valence-electron chi connectivity index (χ2n) is 4.68. The molecular weight excluding hydrogens is 339 g/mol. The van der Waals surface area contributed by atoms with Crippen LogP contribution in [0.25, 0.3) is 0 Å². The molecule has 2 rings (SSSR count). The highest BCUT2D eigenvalue weighted by Crippen LogP contribution is 2.34. The predicted molar refractivity (Wildman–Crippen MR) is 81.7 cm³/mol. The van der Waals surface area contributed by atoms with Crippen molar-refractivity contribution in [3.8, 4) is 17.7 Å². The lowest BCUT2D eigenvalue weighted by Crippen LogP contribution is -2.38. The SMILES string of the molecule is COc1cc(ONC(=O)N(C#N)c2ccccc2)cc(C(F)(F)F)c1. The number of nitrogens with zero attached hydrogens (tertiary/aromatic N) is 2. The van der Waals surface area contributed by atoms with Gasteiger partial charge in [-0.2, -0.15) is 28.8 Å². The molecule has 9 heteroatoms. The van der Waals surface area contributed by atoms with Crippen LogP contribution in [0, 0.1) is 11.5 Å². The molecule has 0 aliphatic carbocycles. The average molecular weight is 351 g/mol. The van der Waals surface area contributed by atoms with Crippen molar-refractivity contribution in [2.75, 3.05) is 12.0 Å². The van der Waals surface area contributed by atoms with Gasteiger partial charge in [-0.15, -0.1) is 0 Å². The van der Waals surface area contributed by atoms with Crippen molar-refractivity contribution in [2.45, 2.75) is 6.18 Å². The van der Waals surface area contributed by atoms with Crippen LogP contribution in [0.4, 0.5) is 23.7 Å². The number of carbonyl (C=O) groups excluding carboxylic acids is 1. The molecule has 0 bridgehead atoms. The summed E-state index contributed by atoms with van der Waals surface area (Å²) in [5.41, 5.74) is 1.19. The number of rotatable bonds is 4. The molecule has 0 aromatic heterocycles. The van der Waals surface area contributed by atoms with Crippen LogP contribution >= 0.6 is 0 Å². The van der Waals surface area contributed by atoms with E-state index in [1.807, 2.05) is 5.48 Å². The lowest BCUT2D eigenvalue weighted by atomic mass is 10.2. The Bertz CT molecular complexity index is 789. The lowest BCUT2D eigenvalue weighted by molar-refractivity contribution is -0.137. The molecular formula is C16H12F3N3O3. The molecule has 0 saturated heterocycles. The molecule has 0 fully saturated rings. The Labute approximate surface area is 140 Å². The second-order valence-corrected chi connectivity index (χ2v) is 4.68. The fraction of sp³-hybridized carbons (Fsp3) is 0.125. The van der Waals surface area contributed by atoms with Crippen LogP contribution in [0.1, 0.15) is 5.56 Å². The van der Waals surface area contributed by atoms with Gasteiger partial charge in [-0.1, -0.05) is 18.2 Å². The van der Waals surface area contributed by atoms with Gasteiger partial charge in [0.25, 0.3) is 0 Å². The van der Waals surface area contributed by atoms with Crippen LogP contribution in [-0.4, -0.2) is 13.1 Å². The van der Waals surface area contributed by atoms with Gasteiger partial charge in [-0.3, -0.25) is 0 Å². The smallest absolute Gasteiger partial charge is 0.416 e. The first-order valence-electron chi connectivity index (χ1n) is 6.83. The number of halogens is 3. The normalized spacial score (nSPS) is 10.5. The highest BCUT2D eigenvalue weighted by Gasteiger charge is 2.32. The van der Waals surface area contributed by atoms with Gasteiger partial charge in [0.15, 0.2) is 11.9 Å². The van der Waals surface area contributed by atoms with Crippen LogP contribution in [0.3, 0.4) is 0 Å². The van der Waals surface area contributed by atoms with Crippen LogP contribution in [0.15, 0.2) is 48.5 Å². The summed E-state index contributed by atoms with van der Waals surface area (Å²) < 4.78 is 43.3. The van der Waals surface area contributed by atoms with Crippen LogP contribution in [0.2, 0.25) is 0 Å². The number of nitrogens with one attached hydrogen (secondary N) is 1. The van der Waals surface area contributed by atoms with E-state index in [1.54, 1.807) is 24.4 Å². The van der Waals surface area contributed by atoms with Crippen molar-refractivity contribution < 1.29 is 27.5 Å². The topological polar surface area (TPSA) is 74.6 Å². The highest BCUT2D eigenvalue weighted by molar-refractivity contribution is 5.94. The molecule has 0 saturated carbocycles. The van der Waals surface area contributed by atoms with Gasteiger partial charge in [0.1, 0.15) is 5.75 Å². The third kappa shape index (κ3) is 4.54. The number of methoxy groups -OCH3 is 1. The zero-order chi connectivity index (χ0) is 18.4. The standard InChI is InChI=1S/C16H12F3N3O3/c1-24-13-7-11(16(17,18)19)8-14(9-13)25-21-15(23)22(10-20)12-5-3-2-4-6-12/h2-9H,1H3,(H,21,23). The van der Waals surface area contributed by atoms with Gasteiger partial charge in [0.05, 0.1) is 18.4 Å². The third-order valence-corrected chi connectivity index (χ3v) is 3.02. The van der Waals surface area contributed by atoms with Crippen molar-refractivity contribution in [3.05, 3.63) is 54.1 Å². The van der Waals surface area contributed by atoms with E-state index in [9.17, 15) is 18.0 Å². The molecule has 0 unspecified atom stereocenters. The second kappa shape index (κ2) is 7.44. The number of hydroxylamine groups is 1. The number of para-hydroxylation sites is 1. The summed E-state index contributed by atoms with van der Waals surface area (Å²) in [7, 11) is 1.20. The molecule has 25 heavy (non-hydrogen) atoms. The molecule has 0 aliphatic heterocycles. The summed E-state index contributed by atoms with van der Waals surface area (Å²) in [4.78, 5) is 17.6. The zero-order valence-electron chi connectivity index (χ0n) is 12.9. The maximum absolute atomic E-state index is 12.8. The van der Waals surface area contributed by atoms with Crippen molar-refractivity contribution in [3.63, 3.8) is 0 Å². The van der Waals surface area contributed by atoms with Crippen molar-refractivity contribution >= 4 is 11.7 Å². The van der Waals surface area contributed by atoms with E-state index < -0.39 is 17.8 Å². The molecule has 0 heterocycles. The largest absolute Gasteiger partial charge is 0.497 e. The van der Waals surface area contributed by atoms with Crippen LogP contribution < -0.4 is 20.0 Å². The molecule has 0 aliphatic rings. The maximum Gasteiger partial charge on any atom is 0.416 e. The predicted octanol–water partition coefficient (Wildman–Crippen LogP) is 3.71. The lowest BCUT2D eigenvalue weighted by Gasteiger charge is -2.16. The molecule has 0 radical (unpaired) electrons. The number of hydrogen-bond donors (Lipinski definition) is 1. The van der Waals surface area contributed by atoms with E-state index in [0.29, 0.717) is 11.0 Å². The zero-order valence-corrected chi connectivity index (χ0v) is 12.9. The Morgan fingerprint density at radius 2 is 1.80 bits per heavy atom. The maximum atomic E-state index is 12.8. The molecule has 1 N–H and O–H groups in total. The van der Waals surface area contributed by atoms with Crippen molar-refractivity contribution in [1.82, 2.24) is 5.48 Å². The number of nitriles is 1. The molecule has 0 atom stereocenters. The molecule has 2 aromatic carbocycles. The molecule has 130 valence electrons. The van der Waals surface area contributed by atoms with E-state index in [-0.39, 0.29) is 17.2 Å². The number of anilines is 1. The summed E-state index contributed by atoms with van der Waals surface area (Å²) in [5.74, 6) is -0.398. The Morgan fingerprint density at radius 3 is 2.36 bits per heavy atom. The summed E-state index contributed by atoms with van der Waals surface area (Å²) >= 11 is 0. The van der Waals surface area contributed by atoms with Crippen molar-refractivity contribution in [1.29, 1.82) is 5.26 Å². The summed E-state index contributed by atoms with van der Waals surface area (Å²) in [6.07, 6.45) is -2.96. The Hall–Kier alpha value is -3.41. The number of urea groups is 1. The van der Waals surface area contributed by atoms with Gasteiger partial charge in [0.2, 0.25) is 0 Å². The first-order valence-corrected chi connectivity index (χ1v) is 6.83. The Kier molecular flexibility index (Phi) is 5.34. The van der Waals surface area contributed by atoms with Gasteiger partial charge in [-0.05, 0) is 24.3 Å². The number of alkyl halides is 3. The van der Waals surface area contributed by atoms with Crippen molar-refractivity contribution in [2.24, 2.45) is 0 Å². The average Bonchev–Trinajstić information content (AvgIpc) is 2.60. The first kappa shape index (κ1) is 17.9. The van der Waals surface area contributed by atoms with Crippen LogP contribution in [-0.2, 0) is 6.18 Å². The van der Waals surface area contributed by atoms with E-state index in [4.69, 9.17) is 14.8 Å². The van der Waals surface area contributed by atoms with E-state index in [1.165, 1.54) is 19.2 Å². The molecule has 6 nitrogen and oxygen atoms in total. The molecule has 2 aromatic rings. The number of hydrogen-bond acceptors (Lipinski definition) is 4. The van der Waals surface area contributed by atoms with Crippen LogP contribution in [0.5, 0.6) is 11.5 Å².